The fraction of sp³-hybridized carbons (Fsp3) is 0.579. The molecular formula is C19H27FN2O5S. The first kappa shape index (κ1) is 22.3. The smallest absolute Gasteiger partial charge is 0.310 e. The van der Waals surface area contributed by atoms with Crippen LogP contribution in [0.1, 0.15) is 26.7 Å². The first-order chi connectivity index (χ1) is 13.2. The Kier molecular flexibility index (Phi) is 7.54. The number of hydrogen-bond acceptors (Lipinski definition) is 5. The van der Waals surface area contributed by atoms with Gasteiger partial charge in [0.15, 0.2) is 0 Å². The molecule has 28 heavy (non-hydrogen) atoms. The standard InChI is InChI=1S/C19H27FN2O5S/c1-4-21(13-14(2)19(24)27-3)18(23)15-9-11-22(12-10-15)28(25,26)17-7-5-16(20)6-8-17/h5-8,14-15H,4,9-13H2,1-3H3. The lowest BCUT2D eigenvalue weighted by atomic mass is 9.96. The molecule has 0 aliphatic carbocycles. The molecule has 0 spiro atoms. The van der Waals surface area contributed by atoms with Gasteiger partial charge in [-0.1, -0.05) is 6.92 Å². The lowest BCUT2D eigenvalue weighted by molar-refractivity contribution is -0.147. The number of piperidine rings is 1. The fourth-order valence-electron chi connectivity index (χ4n) is 3.34. The van der Waals surface area contributed by atoms with Gasteiger partial charge in [-0.2, -0.15) is 4.31 Å². The number of rotatable bonds is 7. The third kappa shape index (κ3) is 5.08. The van der Waals surface area contributed by atoms with Gasteiger partial charge in [-0.25, -0.2) is 12.8 Å². The average molecular weight is 414 g/mol. The van der Waals surface area contributed by atoms with Crippen LogP contribution in [0.5, 0.6) is 0 Å². The van der Waals surface area contributed by atoms with Crippen LogP contribution in [-0.2, 0) is 24.3 Å². The monoisotopic (exact) mass is 414 g/mol. The topological polar surface area (TPSA) is 84.0 Å². The molecule has 1 heterocycles. The lowest BCUT2D eigenvalue weighted by Gasteiger charge is -2.34. The van der Waals surface area contributed by atoms with E-state index in [-0.39, 0.29) is 42.3 Å². The third-order valence-corrected chi connectivity index (χ3v) is 6.96. The van der Waals surface area contributed by atoms with Crippen LogP contribution in [0.25, 0.3) is 0 Å². The number of ether oxygens (including phenoxy) is 1. The molecule has 0 bridgehead atoms. The summed E-state index contributed by atoms with van der Waals surface area (Å²) in [6.45, 7) is 4.74. The Bertz CT molecular complexity index is 789. The van der Waals surface area contributed by atoms with E-state index >= 15 is 0 Å². The summed E-state index contributed by atoms with van der Waals surface area (Å²) in [5.74, 6) is -1.65. The van der Waals surface area contributed by atoms with Crippen molar-refractivity contribution in [3.05, 3.63) is 30.1 Å². The van der Waals surface area contributed by atoms with E-state index in [0.29, 0.717) is 19.4 Å². The fourth-order valence-corrected chi connectivity index (χ4v) is 4.81. The first-order valence-electron chi connectivity index (χ1n) is 9.33. The Balaban J connectivity index is 1.99. The highest BCUT2D eigenvalue weighted by Gasteiger charge is 2.34. The minimum atomic E-state index is -3.71. The maximum atomic E-state index is 13.0. The zero-order valence-electron chi connectivity index (χ0n) is 16.4. The van der Waals surface area contributed by atoms with E-state index in [1.165, 1.54) is 23.5 Å². The number of methoxy groups -OCH3 is 1. The number of sulfonamides is 1. The molecule has 1 aliphatic heterocycles. The van der Waals surface area contributed by atoms with Crippen molar-refractivity contribution in [2.75, 3.05) is 33.3 Å². The van der Waals surface area contributed by atoms with Gasteiger partial charge < -0.3 is 9.64 Å². The minimum Gasteiger partial charge on any atom is -0.469 e. The summed E-state index contributed by atoms with van der Waals surface area (Å²) in [6.07, 6.45) is 0.810. The normalized spacial score (nSPS) is 17.1. The first-order valence-corrected chi connectivity index (χ1v) is 10.8. The van der Waals surface area contributed by atoms with E-state index in [2.05, 4.69) is 0 Å². The molecule has 1 amide bonds. The second-order valence-corrected chi connectivity index (χ2v) is 8.87. The molecule has 0 radical (unpaired) electrons. The van der Waals surface area contributed by atoms with Crippen LogP contribution >= 0.6 is 0 Å². The number of hydrogen-bond donors (Lipinski definition) is 0. The molecule has 0 N–H and O–H groups in total. The number of benzene rings is 1. The predicted octanol–water partition coefficient (Wildman–Crippen LogP) is 1.88. The highest BCUT2D eigenvalue weighted by atomic mass is 32.2. The maximum absolute atomic E-state index is 13.0. The highest BCUT2D eigenvalue weighted by Crippen LogP contribution is 2.25. The zero-order chi connectivity index (χ0) is 20.9. The Hall–Kier alpha value is -2.00. The van der Waals surface area contributed by atoms with E-state index in [0.717, 1.165) is 12.1 Å². The molecule has 1 atom stereocenters. The van der Waals surface area contributed by atoms with Gasteiger partial charge in [-0.15, -0.1) is 0 Å². The second-order valence-electron chi connectivity index (χ2n) is 6.93. The Labute approximate surface area is 165 Å². The number of carbonyl (C=O) groups is 2. The quantitative estimate of drug-likeness (QED) is 0.636. The van der Waals surface area contributed by atoms with Gasteiger partial charge in [-0.05, 0) is 44.0 Å². The molecule has 2 rings (SSSR count). The number of halogens is 1. The van der Waals surface area contributed by atoms with Crippen molar-refractivity contribution < 1.29 is 27.1 Å². The molecule has 1 aromatic rings. The van der Waals surface area contributed by atoms with E-state index in [9.17, 15) is 22.4 Å². The molecule has 0 aromatic heterocycles. The van der Waals surface area contributed by atoms with Crippen molar-refractivity contribution in [3.8, 4) is 0 Å². The summed E-state index contributed by atoms with van der Waals surface area (Å²) in [4.78, 5) is 26.1. The summed E-state index contributed by atoms with van der Waals surface area (Å²) in [7, 11) is -2.39. The zero-order valence-corrected chi connectivity index (χ0v) is 17.2. The van der Waals surface area contributed by atoms with E-state index in [1.54, 1.807) is 11.8 Å². The van der Waals surface area contributed by atoms with Crippen LogP contribution in [0.4, 0.5) is 4.39 Å². The van der Waals surface area contributed by atoms with Crippen LogP contribution in [0.15, 0.2) is 29.2 Å². The van der Waals surface area contributed by atoms with E-state index in [1.807, 2.05) is 6.92 Å². The number of carbonyl (C=O) groups excluding carboxylic acids is 2. The third-order valence-electron chi connectivity index (χ3n) is 5.05. The predicted molar refractivity (Wildman–Crippen MR) is 101 cm³/mol. The number of nitrogens with zero attached hydrogens (tertiary/aromatic N) is 2. The van der Waals surface area contributed by atoms with Gasteiger partial charge in [-0.3, -0.25) is 9.59 Å². The Morgan fingerprint density at radius 3 is 2.32 bits per heavy atom. The molecule has 1 saturated heterocycles. The van der Waals surface area contributed by atoms with Crippen molar-refractivity contribution in [1.82, 2.24) is 9.21 Å². The van der Waals surface area contributed by atoms with Gasteiger partial charge in [0, 0.05) is 32.1 Å². The number of amides is 1. The molecule has 1 aliphatic rings. The molecule has 156 valence electrons. The summed E-state index contributed by atoms with van der Waals surface area (Å²) < 4.78 is 44.4. The largest absolute Gasteiger partial charge is 0.469 e. The van der Waals surface area contributed by atoms with Crippen molar-refractivity contribution in [2.45, 2.75) is 31.6 Å². The Morgan fingerprint density at radius 1 is 1.25 bits per heavy atom. The molecule has 0 saturated carbocycles. The van der Waals surface area contributed by atoms with Crippen molar-refractivity contribution in [2.24, 2.45) is 11.8 Å². The van der Waals surface area contributed by atoms with Crippen molar-refractivity contribution in [1.29, 1.82) is 0 Å². The molecule has 7 nitrogen and oxygen atoms in total. The lowest BCUT2D eigenvalue weighted by Crippen LogP contribution is -2.45. The van der Waals surface area contributed by atoms with Gasteiger partial charge in [0.2, 0.25) is 15.9 Å². The van der Waals surface area contributed by atoms with Crippen LogP contribution in [0.3, 0.4) is 0 Å². The van der Waals surface area contributed by atoms with Gasteiger partial charge in [0.05, 0.1) is 17.9 Å². The molecule has 1 aromatic carbocycles. The molecule has 1 unspecified atom stereocenters. The van der Waals surface area contributed by atoms with Gasteiger partial charge in [0.25, 0.3) is 0 Å². The van der Waals surface area contributed by atoms with E-state index in [4.69, 9.17) is 4.74 Å². The molecular weight excluding hydrogens is 387 g/mol. The minimum absolute atomic E-state index is 0.0424. The van der Waals surface area contributed by atoms with Crippen molar-refractivity contribution in [3.63, 3.8) is 0 Å². The van der Waals surface area contributed by atoms with Crippen LogP contribution in [-0.4, -0.2) is 62.8 Å². The van der Waals surface area contributed by atoms with Crippen LogP contribution in [0.2, 0.25) is 0 Å². The summed E-state index contributed by atoms with van der Waals surface area (Å²) in [5, 5.41) is 0. The second kappa shape index (κ2) is 9.47. The Morgan fingerprint density at radius 2 is 1.82 bits per heavy atom. The van der Waals surface area contributed by atoms with Gasteiger partial charge in [0.1, 0.15) is 5.82 Å². The van der Waals surface area contributed by atoms with Crippen LogP contribution < -0.4 is 0 Å². The molecule has 9 heteroatoms. The summed E-state index contributed by atoms with van der Waals surface area (Å²) >= 11 is 0. The SMILES string of the molecule is CCN(CC(C)C(=O)OC)C(=O)C1CCN(S(=O)(=O)c2ccc(F)cc2)CC1. The summed E-state index contributed by atoms with van der Waals surface area (Å²) in [6, 6.07) is 4.72. The average Bonchev–Trinajstić information content (AvgIpc) is 2.71. The van der Waals surface area contributed by atoms with Crippen molar-refractivity contribution >= 4 is 21.9 Å². The highest BCUT2D eigenvalue weighted by molar-refractivity contribution is 7.89. The number of esters is 1. The van der Waals surface area contributed by atoms with E-state index < -0.39 is 21.8 Å². The molecule has 1 fully saturated rings. The maximum Gasteiger partial charge on any atom is 0.310 e. The van der Waals surface area contributed by atoms with Crippen LogP contribution in [0, 0.1) is 17.7 Å². The summed E-state index contributed by atoms with van der Waals surface area (Å²) in [5.41, 5.74) is 0. The van der Waals surface area contributed by atoms with Gasteiger partial charge >= 0.3 is 5.97 Å².